The molecule has 0 radical (unpaired) electrons. The van der Waals surface area contributed by atoms with Crippen LogP contribution in [0.2, 0.25) is 0 Å². The van der Waals surface area contributed by atoms with Gasteiger partial charge in [-0.25, -0.2) is 15.8 Å². The van der Waals surface area contributed by atoms with Crippen molar-refractivity contribution in [3.63, 3.8) is 0 Å². The number of anilines is 2. The molecule has 2 rings (SSSR count). The van der Waals surface area contributed by atoms with E-state index in [9.17, 15) is 0 Å². The standard InChI is InChI=1S/C13H23N5/c1-5-10-15-11(17-14)9(2)12(16-10)18-8-6-7-13(18,3)4/h5-8,14H2,1-4H3,(H,15,16,17). The van der Waals surface area contributed by atoms with E-state index in [1.165, 1.54) is 12.8 Å². The maximum atomic E-state index is 5.55. The molecule has 5 nitrogen and oxygen atoms in total. The molecule has 18 heavy (non-hydrogen) atoms. The minimum atomic E-state index is 0.163. The number of nitrogens with one attached hydrogen (secondary N) is 1. The first-order valence-corrected chi connectivity index (χ1v) is 6.61. The first-order valence-electron chi connectivity index (χ1n) is 6.61. The molecule has 0 bridgehead atoms. The summed E-state index contributed by atoms with van der Waals surface area (Å²) < 4.78 is 0. The summed E-state index contributed by atoms with van der Waals surface area (Å²) in [5.74, 6) is 8.15. The fourth-order valence-electron chi connectivity index (χ4n) is 2.61. The third-order valence-electron chi connectivity index (χ3n) is 3.78. The predicted molar refractivity (Wildman–Crippen MR) is 74.6 cm³/mol. The molecule has 0 unspecified atom stereocenters. The summed E-state index contributed by atoms with van der Waals surface area (Å²) in [6.45, 7) is 9.67. The highest BCUT2D eigenvalue weighted by atomic mass is 15.3. The van der Waals surface area contributed by atoms with E-state index >= 15 is 0 Å². The number of aryl methyl sites for hydroxylation is 1. The Morgan fingerprint density at radius 2 is 2.11 bits per heavy atom. The smallest absolute Gasteiger partial charge is 0.148 e. The van der Waals surface area contributed by atoms with Crippen LogP contribution in [-0.4, -0.2) is 22.1 Å². The van der Waals surface area contributed by atoms with E-state index in [1.54, 1.807) is 0 Å². The summed E-state index contributed by atoms with van der Waals surface area (Å²) in [4.78, 5) is 11.5. The quantitative estimate of drug-likeness (QED) is 0.633. The van der Waals surface area contributed by atoms with Crippen LogP contribution in [0.3, 0.4) is 0 Å². The molecule has 1 fully saturated rings. The van der Waals surface area contributed by atoms with Crippen LogP contribution < -0.4 is 16.2 Å². The summed E-state index contributed by atoms with van der Waals surface area (Å²) in [5, 5.41) is 0. The molecule has 0 spiro atoms. The number of hydrogen-bond donors (Lipinski definition) is 2. The normalized spacial score (nSPS) is 18.2. The molecule has 0 atom stereocenters. The second-order valence-corrected chi connectivity index (χ2v) is 5.50. The summed E-state index contributed by atoms with van der Waals surface area (Å²) in [5.41, 5.74) is 3.88. The van der Waals surface area contributed by atoms with Crippen molar-refractivity contribution in [3.8, 4) is 0 Å². The van der Waals surface area contributed by atoms with Crippen LogP contribution in [0, 0.1) is 6.92 Å². The molecule has 5 heteroatoms. The Morgan fingerprint density at radius 3 is 2.61 bits per heavy atom. The lowest BCUT2D eigenvalue weighted by Gasteiger charge is -2.34. The average Bonchev–Trinajstić information content (AvgIpc) is 2.69. The lowest BCUT2D eigenvalue weighted by molar-refractivity contribution is 0.512. The lowest BCUT2D eigenvalue weighted by atomic mass is 10.0. The van der Waals surface area contributed by atoms with Crippen LogP contribution in [0.5, 0.6) is 0 Å². The van der Waals surface area contributed by atoms with Crippen molar-refractivity contribution < 1.29 is 0 Å². The molecular weight excluding hydrogens is 226 g/mol. The van der Waals surface area contributed by atoms with Crippen molar-refractivity contribution in [1.29, 1.82) is 0 Å². The molecule has 100 valence electrons. The molecule has 3 N–H and O–H groups in total. The number of nitrogens with two attached hydrogens (primary N) is 1. The Balaban J connectivity index is 2.49. The van der Waals surface area contributed by atoms with E-state index in [1.807, 2.05) is 6.92 Å². The Labute approximate surface area is 109 Å². The lowest BCUT2D eigenvalue weighted by Crippen LogP contribution is -2.39. The molecule has 1 saturated heterocycles. The number of rotatable bonds is 3. The topological polar surface area (TPSA) is 67.1 Å². The molecule has 1 aliphatic rings. The van der Waals surface area contributed by atoms with Gasteiger partial charge in [0.1, 0.15) is 17.5 Å². The minimum Gasteiger partial charge on any atom is -0.351 e. The van der Waals surface area contributed by atoms with Crippen LogP contribution in [0.1, 0.15) is 45.0 Å². The van der Waals surface area contributed by atoms with Crippen LogP contribution in [0.4, 0.5) is 11.6 Å². The van der Waals surface area contributed by atoms with Gasteiger partial charge in [0.2, 0.25) is 0 Å². The van der Waals surface area contributed by atoms with Gasteiger partial charge >= 0.3 is 0 Å². The largest absolute Gasteiger partial charge is 0.351 e. The Morgan fingerprint density at radius 1 is 1.39 bits per heavy atom. The molecular formula is C13H23N5. The fraction of sp³-hybridized carbons (Fsp3) is 0.692. The van der Waals surface area contributed by atoms with Gasteiger partial charge in [-0.2, -0.15) is 0 Å². The van der Waals surface area contributed by atoms with Crippen LogP contribution in [-0.2, 0) is 6.42 Å². The SMILES string of the molecule is CCc1nc(NN)c(C)c(N2CCCC2(C)C)n1. The highest BCUT2D eigenvalue weighted by molar-refractivity contribution is 5.59. The van der Waals surface area contributed by atoms with Gasteiger partial charge in [-0.1, -0.05) is 6.92 Å². The van der Waals surface area contributed by atoms with Gasteiger partial charge in [0.25, 0.3) is 0 Å². The third-order valence-corrected chi connectivity index (χ3v) is 3.78. The van der Waals surface area contributed by atoms with Crippen LogP contribution in [0.25, 0.3) is 0 Å². The molecule has 1 aromatic rings. The number of nitrogen functional groups attached to an aromatic ring is 1. The molecule has 0 aromatic carbocycles. The molecule has 1 aromatic heterocycles. The van der Waals surface area contributed by atoms with Crippen molar-refractivity contribution in [2.24, 2.45) is 5.84 Å². The molecule has 0 amide bonds. The maximum Gasteiger partial charge on any atom is 0.148 e. The number of nitrogens with zero attached hydrogens (tertiary/aromatic N) is 3. The van der Waals surface area contributed by atoms with Crippen molar-refractivity contribution in [2.45, 2.75) is 52.5 Å². The van der Waals surface area contributed by atoms with Crippen LogP contribution >= 0.6 is 0 Å². The Kier molecular flexibility index (Phi) is 3.43. The molecule has 0 saturated carbocycles. The molecule has 2 heterocycles. The van der Waals surface area contributed by atoms with E-state index in [0.717, 1.165) is 36.0 Å². The second-order valence-electron chi connectivity index (χ2n) is 5.50. The number of aromatic nitrogens is 2. The summed E-state index contributed by atoms with van der Waals surface area (Å²) in [6, 6.07) is 0. The third kappa shape index (κ3) is 2.14. The Bertz CT molecular complexity index is 441. The van der Waals surface area contributed by atoms with E-state index in [4.69, 9.17) is 10.8 Å². The Hall–Kier alpha value is -1.36. The van der Waals surface area contributed by atoms with E-state index in [-0.39, 0.29) is 5.54 Å². The molecule has 1 aliphatic heterocycles. The van der Waals surface area contributed by atoms with Crippen molar-refractivity contribution in [3.05, 3.63) is 11.4 Å². The summed E-state index contributed by atoms with van der Waals surface area (Å²) in [7, 11) is 0. The van der Waals surface area contributed by atoms with E-state index in [2.05, 4.69) is 36.1 Å². The summed E-state index contributed by atoms with van der Waals surface area (Å²) in [6.07, 6.45) is 3.23. The van der Waals surface area contributed by atoms with Gasteiger partial charge in [0.05, 0.1) is 0 Å². The van der Waals surface area contributed by atoms with Gasteiger partial charge in [-0.05, 0) is 33.6 Å². The minimum absolute atomic E-state index is 0.163. The van der Waals surface area contributed by atoms with Gasteiger partial charge < -0.3 is 10.3 Å². The number of hydrazine groups is 1. The highest BCUT2D eigenvalue weighted by Crippen LogP contribution is 2.35. The van der Waals surface area contributed by atoms with Crippen molar-refractivity contribution in [1.82, 2.24) is 9.97 Å². The van der Waals surface area contributed by atoms with Gasteiger partial charge in [-0.15, -0.1) is 0 Å². The average molecular weight is 249 g/mol. The highest BCUT2D eigenvalue weighted by Gasteiger charge is 2.34. The van der Waals surface area contributed by atoms with Crippen LogP contribution in [0.15, 0.2) is 0 Å². The number of hydrogen-bond acceptors (Lipinski definition) is 5. The van der Waals surface area contributed by atoms with Crippen molar-refractivity contribution in [2.75, 3.05) is 16.9 Å². The first kappa shape index (κ1) is 13.1. The second kappa shape index (κ2) is 4.72. The predicted octanol–water partition coefficient (Wildman–Crippen LogP) is 2.01. The fourth-order valence-corrected chi connectivity index (χ4v) is 2.61. The van der Waals surface area contributed by atoms with Gasteiger partial charge in [0.15, 0.2) is 0 Å². The molecule has 0 aliphatic carbocycles. The zero-order chi connectivity index (χ0) is 13.3. The van der Waals surface area contributed by atoms with Crippen molar-refractivity contribution >= 4 is 11.6 Å². The van der Waals surface area contributed by atoms with Gasteiger partial charge in [0, 0.05) is 24.1 Å². The monoisotopic (exact) mass is 249 g/mol. The zero-order valence-electron chi connectivity index (χ0n) is 11.7. The zero-order valence-corrected chi connectivity index (χ0v) is 11.7. The summed E-state index contributed by atoms with van der Waals surface area (Å²) >= 11 is 0. The van der Waals surface area contributed by atoms with E-state index in [0.29, 0.717) is 0 Å². The van der Waals surface area contributed by atoms with E-state index < -0.39 is 0 Å². The first-order chi connectivity index (χ1) is 8.49. The maximum absolute atomic E-state index is 5.55. The van der Waals surface area contributed by atoms with Gasteiger partial charge in [-0.3, -0.25) is 0 Å².